The predicted molar refractivity (Wildman–Crippen MR) is 45.7 cm³/mol. The average molecular weight is 161 g/mol. The van der Waals surface area contributed by atoms with Gasteiger partial charge in [-0.3, -0.25) is 0 Å². The Morgan fingerprint density at radius 1 is 1.45 bits per heavy atom. The van der Waals surface area contributed by atoms with E-state index in [2.05, 4.69) is 5.32 Å². The molecule has 68 valence electrons. The molecule has 1 aliphatic heterocycles. The van der Waals surface area contributed by atoms with Crippen molar-refractivity contribution in [2.45, 2.75) is 26.4 Å². The van der Waals surface area contributed by atoms with Crippen molar-refractivity contribution in [1.82, 2.24) is 5.32 Å². The molecule has 0 amide bonds. The Labute approximate surface area is 68.8 Å². The van der Waals surface area contributed by atoms with Crippen LogP contribution >= 0.6 is 0 Å². The number of ether oxygens (including phenoxy) is 1. The summed E-state index contributed by atoms with van der Waals surface area (Å²) < 4.78 is 5.10. The van der Waals surface area contributed by atoms with E-state index >= 15 is 0 Å². The molecule has 0 bridgehead atoms. The van der Waals surface area contributed by atoms with Crippen LogP contribution in [0.25, 0.3) is 0 Å². The molecule has 0 saturated carbocycles. The standard InChI is InChI=1S/C6H13NO2.C2H6/c1-6(8)4-7-2-3-9-5-6;1-2/h7-8H,2-5H2,1H3;1-2H3. The Bertz CT molecular complexity index is 84.1. The predicted octanol–water partition coefficient (Wildman–Crippen LogP) is 0.383. The minimum Gasteiger partial charge on any atom is -0.386 e. The van der Waals surface area contributed by atoms with Crippen LogP contribution in [0, 0.1) is 0 Å². The van der Waals surface area contributed by atoms with E-state index in [0.717, 1.165) is 6.54 Å². The zero-order valence-corrected chi connectivity index (χ0v) is 7.68. The number of rotatable bonds is 0. The maximum absolute atomic E-state index is 9.37. The lowest BCUT2D eigenvalue weighted by atomic mass is 10.1. The zero-order chi connectivity index (χ0) is 8.74. The maximum Gasteiger partial charge on any atom is 0.0975 e. The van der Waals surface area contributed by atoms with Gasteiger partial charge in [0.1, 0.15) is 0 Å². The van der Waals surface area contributed by atoms with Gasteiger partial charge in [-0.1, -0.05) is 13.8 Å². The third-order valence-electron chi connectivity index (χ3n) is 1.34. The molecule has 0 spiro atoms. The minimum atomic E-state index is -0.670. The Morgan fingerprint density at radius 2 is 2.09 bits per heavy atom. The summed E-state index contributed by atoms with van der Waals surface area (Å²) in [4.78, 5) is 0. The fourth-order valence-corrected chi connectivity index (χ4v) is 0.845. The molecule has 1 heterocycles. The van der Waals surface area contributed by atoms with Gasteiger partial charge in [0.25, 0.3) is 0 Å². The van der Waals surface area contributed by atoms with E-state index in [1.165, 1.54) is 0 Å². The summed E-state index contributed by atoms with van der Waals surface area (Å²) in [6, 6.07) is 0. The molecule has 1 unspecified atom stereocenters. The van der Waals surface area contributed by atoms with Crippen LogP contribution in [0.3, 0.4) is 0 Å². The molecule has 1 saturated heterocycles. The van der Waals surface area contributed by atoms with Crippen molar-refractivity contribution < 1.29 is 9.84 Å². The quantitative estimate of drug-likeness (QED) is 0.540. The number of hydrogen-bond acceptors (Lipinski definition) is 3. The van der Waals surface area contributed by atoms with Gasteiger partial charge in [-0.05, 0) is 6.92 Å². The summed E-state index contributed by atoms with van der Waals surface area (Å²) in [5.41, 5.74) is -0.670. The van der Waals surface area contributed by atoms with Crippen molar-refractivity contribution in [3.8, 4) is 0 Å². The van der Waals surface area contributed by atoms with E-state index in [0.29, 0.717) is 19.8 Å². The summed E-state index contributed by atoms with van der Waals surface area (Å²) in [6.07, 6.45) is 0. The molecule has 1 aliphatic rings. The molecule has 0 aromatic heterocycles. The lowest BCUT2D eigenvalue weighted by molar-refractivity contribution is -0.0136. The number of aliphatic hydroxyl groups is 1. The van der Waals surface area contributed by atoms with Crippen molar-refractivity contribution >= 4 is 0 Å². The minimum absolute atomic E-state index is 0.444. The van der Waals surface area contributed by atoms with E-state index in [9.17, 15) is 5.11 Å². The van der Waals surface area contributed by atoms with Crippen LogP contribution in [0.15, 0.2) is 0 Å². The van der Waals surface area contributed by atoms with E-state index in [1.807, 2.05) is 13.8 Å². The highest BCUT2D eigenvalue weighted by atomic mass is 16.5. The molecule has 1 rings (SSSR count). The molecular formula is C8H19NO2. The highest BCUT2D eigenvalue weighted by molar-refractivity contribution is 4.76. The van der Waals surface area contributed by atoms with Gasteiger partial charge in [-0.2, -0.15) is 0 Å². The van der Waals surface area contributed by atoms with E-state index in [4.69, 9.17) is 4.74 Å². The van der Waals surface area contributed by atoms with Gasteiger partial charge >= 0.3 is 0 Å². The number of hydrogen-bond donors (Lipinski definition) is 2. The second-order valence-corrected chi connectivity index (χ2v) is 2.73. The van der Waals surface area contributed by atoms with E-state index < -0.39 is 5.60 Å². The largest absolute Gasteiger partial charge is 0.386 e. The topological polar surface area (TPSA) is 41.5 Å². The molecule has 3 nitrogen and oxygen atoms in total. The molecular weight excluding hydrogens is 142 g/mol. The van der Waals surface area contributed by atoms with Crippen molar-refractivity contribution in [3.63, 3.8) is 0 Å². The van der Waals surface area contributed by atoms with Gasteiger partial charge in [-0.15, -0.1) is 0 Å². The Morgan fingerprint density at radius 3 is 2.73 bits per heavy atom. The van der Waals surface area contributed by atoms with Crippen LogP contribution in [-0.2, 0) is 4.74 Å². The smallest absolute Gasteiger partial charge is 0.0975 e. The molecule has 11 heavy (non-hydrogen) atoms. The lowest BCUT2D eigenvalue weighted by Gasteiger charge is -2.18. The first-order chi connectivity index (χ1) is 5.21. The second-order valence-electron chi connectivity index (χ2n) is 2.73. The summed E-state index contributed by atoms with van der Waals surface area (Å²) in [6.45, 7) is 8.39. The maximum atomic E-state index is 9.37. The Balaban J connectivity index is 0.000000461. The van der Waals surface area contributed by atoms with Gasteiger partial charge in [-0.25, -0.2) is 0 Å². The Kier molecular flexibility index (Phi) is 5.46. The van der Waals surface area contributed by atoms with E-state index in [-0.39, 0.29) is 0 Å². The van der Waals surface area contributed by atoms with Crippen LogP contribution in [0.4, 0.5) is 0 Å². The molecule has 0 aromatic rings. The summed E-state index contributed by atoms with van der Waals surface area (Å²) in [7, 11) is 0. The SMILES string of the molecule is CC.CC1(O)CNCCOC1. The van der Waals surface area contributed by atoms with Crippen LogP contribution in [-0.4, -0.2) is 37.0 Å². The first-order valence-electron chi connectivity index (χ1n) is 4.22. The normalized spacial score (nSPS) is 31.6. The first-order valence-corrected chi connectivity index (χ1v) is 4.22. The molecule has 1 atom stereocenters. The van der Waals surface area contributed by atoms with Crippen molar-refractivity contribution in [2.75, 3.05) is 26.3 Å². The highest BCUT2D eigenvalue weighted by Gasteiger charge is 2.21. The van der Waals surface area contributed by atoms with Crippen molar-refractivity contribution in [3.05, 3.63) is 0 Å². The Hall–Kier alpha value is -0.120. The molecule has 2 N–H and O–H groups in total. The van der Waals surface area contributed by atoms with Crippen LogP contribution < -0.4 is 5.32 Å². The van der Waals surface area contributed by atoms with Gasteiger partial charge in [0, 0.05) is 13.1 Å². The molecule has 0 aromatic carbocycles. The lowest BCUT2D eigenvalue weighted by Crippen LogP contribution is -2.38. The summed E-state index contributed by atoms with van der Waals surface area (Å²) >= 11 is 0. The second kappa shape index (κ2) is 5.52. The van der Waals surface area contributed by atoms with Crippen molar-refractivity contribution in [1.29, 1.82) is 0 Å². The highest BCUT2D eigenvalue weighted by Crippen LogP contribution is 2.03. The van der Waals surface area contributed by atoms with Gasteiger partial charge < -0.3 is 15.2 Å². The summed E-state index contributed by atoms with van der Waals surface area (Å²) in [5, 5.41) is 12.4. The van der Waals surface area contributed by atoms with Crippen LogP contribution in [0.1, 0.15) is 20.8 Å². The number of nitrogens with one attached hydrogen (secondary N) is 1. The first kappa shape index (κ1) is 10.9. The third kappa shape index (κ3) is 5.18. The van der Waals surface area contributed by atoms with Gasteiger partial charge in [0.2, 0.25) is 0 Å². The molecule has 3 heteroatoms. The summed E-state index contributed by atoms with van der Waals surface area (Å²) in [5.74, 6) is 0. The number of β-amino-alcohol motifs (C(OH)–C–C–N with tert-alkyl or cyclic N) is 1. The zero-order valence-electron chi connectivity index (χ0n) is 7.68. The van der Waals surface area contributed by atoms with Gasteiger partial charge in [0.05, 0.1) is 18.8 Å². The average Bonchev–Trinajstić information content (AvgIpc) is 2.17. The van der Waals surface area contributed by atoms with Gasteiger partial charge in [0.15, 0.2) is 0 Å². The molecule has 0 radical (unpaired) electrons. The third-order valence-corrected chi connectivity index (χ3v) is 1.34. The fourth-order valence-electron chi connectivity index (χ4n) is 0.845. The van der Waals surface area contributed by atoms with Crippen molar-refractivity contribution in [2.24, 2.45) is 0 Å². The van der Waals surface area contributed by atoms with E-state index in [1.54, 1.807) is 6.92 Å². The van der Waals surface area contributed by atoms with Crippen LogP contribution in [0.2, 0.25) is 0 Å². The van der Waals surface area contributed by atoms with Crippen LogP contribution in [0.5, 0.6) is 0 Å². The fraction of sp³-hybridized carbons (Fsp3) is 1.00. The monoisotopic (exact) mass is 161 g/mol. The molecule has 0 aliphatic carbocycles. The molecule has 1 fully saturated rings.